The van der Waals surface area contributed by atoms with Crippen LogP contribution in [-0.2, 0) is 16.1 Å². The minimum Gasteiger partial charge on any atom is -0.481 e. The summed E-state index contributed by atoms with van der Waals surface area (Å²) in [6.45, 7) is 1.22. The molecule has 0 spiro atoms. The van der Waals surface area contributed by atoms with Crippen molar-refractivity contribution in [1.82, 2.24) is 9.88 Å². The summed E-state index contributed by atoms with van der Waals surface area (Å²) in [5, 5.41) is 10.9. The zero-order valence-corrected chi connectivity index (χ0v) is 21.1. The lowest BCUT2D eigenvalue weighted by atomic mass is 9.92. The summed E-state index contributed by atoms with van der Waals surface area (Å²) in [4.78, 5) is 43.4. The van der Waals surface area contributed by atoms with E-state index < -0.39 is 41.2 Å². The van der Waals surface area contributed by atoms with E-state index in [-0.39, 0.29) is 23.2 Å². The first-order chi connectivity index (χ1) is 17.6. The molecule has 1 saturated carbocycles. The predicted molar refractivity (Wildman–Crippen MR) is 133 cm³/mol. The lowest BCUT2D eigenvalue weighted by Crippen LogP contribution is -2.34. The Hall–Kier alpha value is -3.33. The number of ketones is 1. The number of amides is 1. The molecule has 1 aliphatic heterocycles. The highest BCUT2D eigenvalue weighted by molar-refractivity contribution is 6.30. The van der Waals surface area contributed by atoms with Crippen LogP contribution in [0.2, 0.25) is 10.0 Å². The van der Waals surface area contributed by atoms with Crippen LogP contribution in [0.25, 0.3) is 0 Å². The standard InChI is InChI=1S/C27H21Cl2FN2O5/c1-14(33)16-10-20-22(21(30)11-16)25(32(24(20)34)13-19-7-6-18(29)12-31-19)37-23(27(8-9-27)26(35)36)15-2-4-17(28)5-3-15/h2-7,10-12,23,25H,8-9,13H2,1H3,(H,35,36). The van der Waals surface area contributed by atoms with Gasteiger partial charge in [-0.1, -0.05) is 35.3 Å². The van der Waals surface area contributed by atoms with Gasteiger partial charge in [-0.05, 0) is 61.7 Å². The summed E-state index contributed by atoms with van der Waals surface area (Å²) < 4.78 is 21.9. The van der Waals surface area contributed by atoms with E-state index in [0.29, 0.717) is 34.1 Å². The quantitative estimate of drug-likeness (QED) is 0.350. The van der Waals surface area contributed by atoms with Gasteiger partial charge in [-0.3, -0.25) is 19.4 Å². The smallest absolute Gasteiger partial charge is 0.312 e. The number of aliphatic carboxylic acids is 1. The van der Waals surface area contributed by atoms with Crippen molar-refractivity contribution >= 4 is 40.9 Å². The van der Waals surface area contributed by atoms with Crippen molar-refractivity contribution in [2.24, 2.45) is 5.41 Å². The second kappa shape index (κ2) is 9.52. The lowest BCUT2D eigenvalue weighted by molar-refractivity contribution is -0.160. The number of carboxylic acid groups (broad SMARTS) is 1. The first-order valence-electron chi connectivity index (χ1n) is 11.5. The highest BCUT2D eigenvalue weighted by Crippen LogP contribution is 2.59. The zero-order chi connectivity index (χ0) is 26.5. The van der Waals surface area contributed by atoms with E-state index in [4.69, 9.17) is 27.9 Å². The fraction of sp³-hybridized carbons (Fsp3) is 0.259. The van der Waals surface area contributed by atoms with E-state index >= 15 is 4.39 Å². The van der Waals surface area contributed by atoms with Crippen LogP contribution in [-0.4, -0.2) is 32.7 Å². The molecule has 1 aromatic heterocycles. The summed E-state index contributed by atoms with van der Waals surface area (Å²) in [5.41, 5.74) is -0.250. The van der Waals surface area contributed by atoms with Crippen molar-refractivity contribution in [2.45, 2.75) is 38.6 Å². The number of carbonyl (C=O) groups excluding carboxylic acids is 2. The van der Waals surface area contributed by atoms with E-state index in [2.05, 4.69) is 4.98 Å². The number of halogens is 3. The van der Waals surface area contributed by atoms with E-state index in [0.717, 1.165) is 6.07 Å². The first kappa shape index (κ1) is 25.3. The van der Waals surface area contributed by atoms with E-state index in [1.54, 1.807) is 36.4 Å². The second-order valence-electron chi connectivity index (χ2n) is 9.26. The molecular weight excluding hydrogens is 522 g/mol. The number of hydrogen-bond acceptors (Lipinski definition) is 5. The van der Waals surface area contributed by atoms with Gasteiger partial charge in [0.15, 0.2) is 12.0 Å². The van der Waals surface area contributed by atoms with Crippen LogP contribution in [0.4, 0.5) is 4.39 Å². The summed E-state index contributed by atoms with van der Waals surface area (Å²) in [5.74, 6) is -2.79. The number of rotatable bonds is 8. The minimum atomic E-state index is -1.27. The molecular formula is C27H21Cl2FN2O5. The Morgan fingerprint density at radius 2 is 1.84 bits per heavy atom. The monoisotopic (exact) mass is 542 g/mol. The van der Waals surface area contributed by atoms with Crippen LogP contribution in [0.3, 0.4) is 0 Å². The molecule has 5 rings (SSSR count). The first-order valence-corrected chi connectivity index (χ1v) is 12.3. The zero-order valence-electron chi connectivity index (χ0n) is 19.6. The fourth-order valence-corrected chi connectivity index (χ4v) is 4.89. The molecule has 2 atom stereocenters. The largest absolute Gasteiger partial charge is 0.481 e. The Balaban J connectivity index is 1.61. The number of Topliss-reactive ketones (excluding diaryl/α,β-unsaturated/α-hetero) is 1. The third-order valence-electron chi connectivity index (χ3n) is 6.83. The SMILES string of the molecule is CC(=O)c1cc(F)c2c(c1)C(=O)N(Cc1ccc(Cl)cn1)C2OC(c1ccc(Cl)cc1)C1(C(=O)O)CC1. The Morgan fingerprint density at radius 3 is 2.41 bits per heavy atom. The predicted octanol–water partition coefficient (Wildman–Crippen LogP) is 6.01. The van der Waals surface area contributed by atoms with Gasteiger partial charge in [0.2, 0.25) is 0 Å². The third kappa shape index (κ3) is 4.61. The van der Waals surface area contributed by atoms with Crippen molar-refractivity contribution in [3.63, 3.8) is 0 Å². The maximum Gasteiger partial charge on any atom is 0.312 e. The molecule has 0 bridgehead atoms. The lowest BCUT2D eigenvalue weighted by Gasteiger charge is -2.32. The normalized spacial score (nSPS) is 18.4. The average molecular weight is 543 g/mol. The molecule has 2 aromatic carbocycles. The Kier molecular flexibility index (Phi) is 6.52. The molecule has 7 nitrogen and oxygen atoms in total. The Bertz CT molecular complexity index is 1410. The Morgan fingerprint density at radius 1 is 1.16 bits per heavy atom. The highest BCUT2D eigenvalue weighted by atomic mass is 35.5. The molecule has 3 aromatic rings. The number of aromatic nitrogens is 1. The minimum absolute atomic E-state index is 0.0146. The van der Waals surface area contributed by atoms with Gasteiger partial charge in [-0.2, -0.15) is 0 Å². The highest BCUT2D eigenvalue weighted by Gasteiger charge is 2.59. The van der Waals surface area contributed by atoms with E-state index in [9.17, 15) is 19.5 Å². The topological polar surface area (TPSA) is 96.8 Å². The summed E-state index contributed by atoms with van der Waals surface area (Å²) in [6.07, 6.45) is -0.131. The molecule has 1 aliphatic carbocycles. The molecule has 37 heavy (non-hydrogen) atoms. The van der Waals surface area contributed by atoms with Crippen molar-refractivity contribution < 1.29 is 28.6 Å². The molecule has 1 amide bonds. The molecule has 10 heteroatoms. The second-order valence-corrected chi connectivity index (χ2v) is 10.1. The van der Waals surface area contributed by atoms with Crippen LogP contribution in [0, 0.1) is 11.2 Å². The number of benzene rings is 2. The van der Waals surface area contributed by atoms with E-state index in [1.165, 1.54) is 24.1 Å². The fourth-order valence-electron chi connectivity index (χ4n) is 4.65. The van der Waals surface area contributed by atoms with Crippen LogP contribution in [0.1, 0.15) is 69.6 Å². The maximum absolute atomic E-state index is 15.5. The van der Waals surface area contributed by atoms with Crippen molar-refractivity contribution in [1.29, 1.82) is 0 Å². The van der Waals surface area contributed by atoms with Gasteiger partial charge < -0.3 is 14.7 Å². The van der Waals surface area contributed by atoms with Crippen LogP contribution in [0.5, 0.6) is 0 Å². The van der Waals surface area contributed by atoms with Gasteiger partial charge in [0.05, 0.1) is 28.2 Å². The van der Waals surface area contributed by atoms with Crippen LogP contribution >= 0.6 is 23.2 Å². The van der Waals surface area contributed by atoms with Crippen LogP contribution in [0.15, 0.2) is 54.7 Å². The number of ether oxygens (including phenoxy) is 1. The Labute approximate surface area is 221 Å². The number of carboxylic acids is 1. The van der Waals surface area contributed by atoms with Gasteiger partial charge in [0.25, 0.3) is 5.91 Å². The molecule has 0 saturated heterocycles. The third-order valence-corrected chi connectivity index (χ3v) is 7.31. The molecule has 2 unspecified atom stereocenters. The molecule has 2 heterocycles. The van der Waals surface area contributed by atoms with E-state index in [1.807, 2.05) is 0 Å². The molecule has 1 fully saturated rings. The van der Waals surface area contributed by atoms with Gasteiger partial charge in [0, 0.05) is 22.3 Å². The van der Waals surface area contributed by atoms with Gasteiger partial charge in [0.1, 0.15) is 11.9 Å². The number of nitrogens with zero attached hydrogens (tertiary/aromatic N) is 2. The van der Waals surface area contributed by atoms with Crippen molar-refractivity contribution in [3.05, 3.63) is 98.5 Å². The summed E-state index contributed by atoms with van der Waals surface area (Å²) in [6, 6.07) is 12.2. The molecule has 1 N–H and O–H groups in total. The van der Waals surface area contributed by atoms with Crippen LogP contribution < -0.4 is 0 Å². The number of hydrogen-bond donors (Lipinski definition) is 1. The van der Waals surface area contributed by atoms with Gasteiger partial charge in [-0.15, -0.1) is 0 Å². The molecule has 0 radical (unpaired) electrons. The number of fused-ring (bicyclic) bond motifs is 1. The number of carbonyl (C=O) groups is 3. The summed E-state index contributed by atoms with van der Waals surface area (Å²) >= 11 is 12.0. The van der Waals surface area contributed by atoms with Crippen molar-refractivity contribution in [3.8, 4) is 0 Å². The van der Waals surface area contributed by atoms with Gasteiger partial charge >= 0.3 is 5.97 Å². The summed E-state index contributed by atoms with van der Waals surface area (Å²) in [7, 11) is 0. The molecule has 190 valence electrons. The average Bonchev–Trinajstić information content (AvgIpc) is 3.63. The maximum atomic E-state index is 15.5. The van der Waals surface area contributed by atoms with Crippen molar-refractivity contribution in [2.75, 3.05) is 0 Å². The van der Waals surface area contributed by atoms with Gasteiger partial charge in [-0.25, -0.2) is 4.39 Å². The number of pyridine rings is 1. The molecule has 2 aliphatic rings.